The standard InChI is InChI=1S/C16H29N3O6/c1-15(2,3)24-12(22)9-18-14(17-8-7-11(20)21)19-10-13(23)25-16(4,5)6/h7-10H2,1-6H3,(H,20,21)(H2,17,18,19). The lowest BCUT2D eigenvalue weighted by Crippen LogP contribution is -2.43. The molecule has 0 aromatic heterocycles. The van der Waals surface area contributed by atoms with Crippen molar-refractivity contribution in [1.29, 1.82) is 0 Å². The van der Waals surface area contributed by atoms with Crippen LogP contribution in [0, 0.1) is 0 Å². The predicted octanol–water partition coefficient (Wildman–Crippen LogP) is 0.680. The largest absolute Gasteiger partial charge is 0.481 e. The summed E-state index contributed by atoms with van der Waals surface area (Å²) < 4.78 is 10.3. The molecule has 3 N–H and O–H groups in total. The highest BCUT2D eigenvalue weighted by atomic mass is 16.6. The summed E-state index contributed by atoms with van der Waals surface area (Å²) in [7, 11) is 0. The van der Waals surface area contributed by atoms with E-state index in [4.69, 9.17) is 14.6 Å². The lowest BCUT2D eigenvalue weighted by Gasteiger charge is -2.20. The predicted molar refractivity (Wildman–Crippen MR) is 92.3 cm³/mol. The minimum Gasteiger partial charge on any atom is -0.481 e. The average Bonchev–Trinajstić information content (AvgIpc) is 2.36. The van der Waals surface area contributed by atoms with Gasteiger partial charge in [-0.05, 0) is 41.5 Å². The molecule has 144 valence electrons. The Morgan fingerprint density at radius 1 is 0.920 bits per heavy atom. The number of guanidine groups is 1. The summed E-state index contributed by atoms with van der Waals surface area (Å²) in [6.45, 7) is 10.1. The van der Waals surface area contributed by atoms with E-state index < -0.39 is 29.1 Å². The molecule has 0 bridgehead atoms. The quantitative estimate of drug-likeness (QED) is 0.344. The van der Waals surface area contributed by atoms with Crippen LogP contribution in [0.5, 0.6) is 0 Å². The van der Waals surface area contributed by atoms with Crippen LogP contribution in [0.3, 0.4) is 0 Å². The van der Waals surface area contributed by atoms with Crippen molar-refractivity contribution in [2.24, 2.45) is 4.99 Å². The van der Waals surface area contributed by atoms with Gasteiger partial charge in [0.2, 0.25) is 0 Å². The van der Waals surface area contributed by atoms with Crippen molar-refractivity contribution in [2.75, 3.05) is 19.6 Å². The molecule has 0 atom stereocenters. The number of esters is 2. The number of carboxylic acids is 1. The molecule has 9 heteroatoms. The first-order chi connectivity index (χ1) is 11.3. The first-order valence-corrected chi connectivity index (χ1v) is 7.96. The van der Waals surface area contributed by atoms with Gasteiger partial charge in [0.25, 0.3) is 0 Å². The topological polar surface area (TPSA) is 126 Å². The summed E-state index contributed by atoms with van der Waals surface area (Å²) in [6.07, 6.45) is -0.139. The van der Waals surface area contributed by atoms with Crippen LogP contribution in [0.4, 0.5) is 0 Å². The number of carbonyl (C=O) groups excluding carboxylic acids is 2. The van der Waals surface area contributed by atoms with Crippen LogP contribution in [0.2, 0.25) is 0 Å². The number of aliphatic carboxylic acids is 1. The van der Waals surface area contributed by atoms with Crippen molar-refractivity contribution in [3.05, 3.63) is 0 Å². The third-order valence-corrected chi connectivity index (χ3v) is 2.24. The zero-order valence-corrected chi connectivity index (χ0v) is 15.8. The molecule has 0 rings (SSSR count). The number of carbonyl (C=O) groups is 3. The second-order valence-corrected chi connectivity index (χ2v) is 7.26. The number of carboxylic acid groups (broad SMARTS) is 1. The molecule has 0 aromatic carbocycles. The Labute approximate surface area is 148 Å². The van der Waals surface area contributed by atoms with Gasteiger partial charge >= 0.3 is 17.9 Å². The number of nitrogens with one attached hydrogen (secondary N) is 2. The van der Waals surface area contributed by atoms with Crippen LogP contribution in [-0.2, 0) is 23.9 Å². The molecule has 9 nitrogen and oxygen atoms in total. The van der Waals surface area contributed by atoms with Crippen LogP contribution in [0.25, 0.3) is 0 Å². The highest BCUT2D eigenvalue weighted by Gasteiger charge is 2.18. The minimum absolute atomic E-state index is 0.0871. The van der Waals surface area contributed by atoms with Gasteiger partial charge < -0.3 is 25.2 Å². The second-order valence-electron chi connectivity index (χ2n) is 7.26. The average molecular weight is 359 g/mol. The molecular formula is C16H29N3O6. The van der Waals surface area contributed by atoms with E-state index in [1.54, 1.807) is 41.5 Å². The van der Waals surface area contributed by atoms with E-state index in [2.05, 4.69) is 15.6 Å². The van der Waals surface area contributed by atoms with Crippen molar-refractivity contribution >= 4 is 23.9 Å². The molecular weight excluding hydrogens is 330 g/mol. The first-order valence-electron chi connectivity index (χ1n) is 7.96. The zero-order chi connectivity index (χ0) is 19.7. The highest BCUT2D eigenvalue weighted by molar-refractivity contribution is 5.86. The number of rotatable bonds is 7. The van der Waals surface area contributed by atoms with Crippen LogP contribution in [0.1, 0.15) is 48.0 Å². The summed E-state index contributed by atoms with van der Waals surface area (Å²) >= 11 is 0. The number of aliphatic imine (C=N–C) groups is 1. The molecule has 0 aliphatic carbocycles. The Morgan fingerprint density at radius 2 is 1.44 bits per heavy atom. The van der Waals surface area contributed by atoms with E-state index in [1.165, 1.54) is 0 Å². The van der Waals surface area contributed by atoms with Gasteiger partial charge in [-0.3, -0.25) is 14.4 Å². The normalized spacial score (nSPS) is 12.3. The summed E-state index contributed by atoms with van der Waals surface area (Å²) in [6, 6.07) is 0. The van der Waals surface area contributed by atoms with E-state index >= 15 is 0 Å². The maximum absolute atomic E-state index is 11.7. The number of ether oxygens (including phenoxy) is 2. The Hall–Kier alpha value is -2.32. The Balaban J connectivity index is 4.68. The van der Waals surface area contributed by atoms with Gasteiger partial charge in [0.1, 0.15) is 24.3 Å². The molecule has 0 unspecified atom stereocenters. The van der Waals surface area contributed by atoms with Crippen LogP contribution < -0.4 is 10.6 Å². The molecule has 25 heavy (non-hydrogen) atoms. The molecule has 0 fully saturated rings. The van der Waals surface area contributed by atoms with E-state index in [9.17, 15) is 14.4 Å². The van der Waals surface area contributed by atoms with Gasteiger partial charge in [-0.15, -0.1) is 0 Å². The lowest BCUT2D eigenvalue weighted by molar-refractivity contribution is -0.154. The molecule has 0 aliphatic heterocycles. The van der Waals surface area contributed by atoms with Crippen LogP contribution >= 0.6 is 0 Å². The number of nitrogens with zero attached hydrogens (tertiary/aromatic N) is 1. The molecule has 0 saturated heterocycles. The van der Waals surface area contributed by atoms with Crippen molar-refractivity contribution in [3.63, 3.8) is 0 Å². The molecule has 0 saturated carbocycles. The number of hydrogen-bond donors (Lipinski definition) is 3. The van der Waals surface area contributed by atoms with Crippen molar-refractivity contribution in [1.82, 2.24) is 10.6 Å². The first kappa shape index (κ1) is 22.7. The van der Waals surface area contributed by atoms with E-state index in [0.29, 0.717) is 0 Å². The number of hydrogen-bond acceptors (Lipinski definition) is 6. The van der Waals surface area contributed by atoms with Gasteiger partial charge in [-0.2, -0.15) is 0 Å². The molecule has 0 spiro atoms. The van der Waals surface area contributed by atoms with E-state index in [1.807, 2.05) is 0 Å². The SMILES string of the molecule is CC(C)(C)OC(=O)CN=C(NCCC(=O)O)NCC(=O)OC(C)(C)C. The molecule has 0 aromatic rings. The third kappa shape index (κ3) is 15.0. The van der Waals surface area contributed by atoms with E-state index in [-0.39, 0.29) is 32.0 Å². The van der Waals surface area contributed by atoms with Gasteiger partial charge in [0, 0.05) is 6.54 Å². The molecule has 0 amide bonds. The van der Waals surface area contributed by atoms with E-state index in [0.717, 1.165) is 0 Å². The Morgan fingerprint density at radius 3 is 1.92 bits per heavy atom. The summed E-state index contributed by atoms with van der Waals surface area (Å²) in [5.41, 5.74) is -1.25. The molecule has 0 heterocycles. The Kier molecular flexibility index (Phi) is 8.94. The van der Waals surface area contributed by atoms with Gasteiger partial charge in [0.05, 0.1) is 6.42 Å². The highest BCUT2D eigenvalue weighted by Crippen LogP contribution is 2.07. The van der Waals surface area contributed by atoms with Crippen LogP contribution in [-0.4, -0.2) is 59.8 Å². The fraction of sp³-hybridized carbons (Fsp3) is 0.750. The van der Waals surface area contributed by atoms with Crippen molar-refractivity contribution < 1.29 is 29.0 Å². The van der Waals surface area contributed by atoms with Crippen LogP contribution in [0.15, 0.2) is 4.99 Å². The molecule has 0 aliphatic rings. The summed E-state index contributed by atoms with van der Waals surface area (Å²) in [5.74, 6) is -1.90. The fourth-order valence-corrected chi connectivity index (χ4v) is 1.51. The maximum atomic E-state index is 11.7. The summed E-state index contributed by atoms with van der Waals surface area (Å²) in [5, 5.41) is 14.1. The fourth-order valence-electron chi connectivity index (χ4n) is 1.51. The third-order valence-electron chi connectivity index (χ3n) is 2.24. The zero-order valence-electron chi connectivity index (χ0n) is 15.8. The van der Waals surface area contributed by atoms with Crippen molar-refractivity contribution in [2.45, 2.75) is 59.2 Å². The molecule has 0 radical (unpaired) electrons. The second kappa shape index (κ2) is 9.85. The smallest absolute Gasteiger partial charge is 0.328 e. The van der Waals surface area contributed by atoms with Crippen molar-refractivity contribution in [3.8, 4) is 0 Å². The van der Waals surface area contributed by atoms with Gasteiger partial charge in [0.15, 0.2) is 5.96 Å². The Bertz CT molecular complexity index is 503. The monoisotopic (exact) mass is 359 g/mol. The van der Waals surface area contributed by atoms with Gasteiger partial charge in [-0.1, -0.05) is 0 Å². The lowest BCUT2D eigenvalue weighted by atomic mass is 10.2. The van der Waals surface area contributed by atoms with Gasteiger partial charge in [-0.25, -0.2) is 4.99 Å². The summed E-state index contributed by atoms with van der Waals surface area (Å²) in [4.78, 5) is 38.0. The maximum Gasteiger partial charge on any atom is 0.328 e. The minimum atomic E-state index is -0.980.